The molecule has 1 aliphatic heterocycles. The Hall–Kier alpha value is -1.24. The quantitative estimate of drug-likeness (QED) is 0.320. The number of aliphatic imine (C=N–C) groups is 1. The van der Waals surface area contributed by atoms with Crippen molar-refractivity contribution in [2.45, 2.75) is 11.3 Å². The average molecular weight is 352 g/mol. The minimum absolute atomic E-state index is 0.582. The second-order valence-corrected chi connectivity index (χ2v) is 6.97. The lowest BCUT2D eigenvalue weighted by Crippen LogP contribution is -2.41. The zero-order valence-electron chi connectivity index (χ0n) is 14.7. The monoisotopic (exact) mass is 351 g/mol. The summed E-state index contributed by atoms with van der Waals surface area (Å²) in [5.41, 5.74) is 0. The molecule has 0 radical (unpaired) electrons. The van der Waals surface area contributed by atoms with Crippen molar-refractivity contribution in [1.82, 2.24) is 10.2 Å². The van der Waals surface area contributed by atoms with E-state index in [1.807, 2.05) is 24.9 Å². The lowest BCUT2D eigenvalue weighted by Gasteiger charge is -2.21. The van der Waals surface area contributed by atoms with Gasteiger partial charge in [0.15, 0.2) is 5.96 Å². The van der Waals surface area contributed by atoms with Crippen molar-refractivity contribution in [3.05, 3.63) is 30.3 Å². The van der Waals surface area contributed by atoms with Crippen LogP contribution < -0.4 is 5.32 Å². The van der Waals surface area contributed by atoms with Crippen LogP contribution in [-0.4, -0.2) is 70.2 Å². The molecule has 134 valence electrons. The van der Waals surface area contributed by atoms with Crippen LogP contribution in [0.2, 0.25) is 0 Å². The van der Waals surface area contributed by atoms with Gasteiger partial charge in [0.05, 0.1) is 19.8 Å². The molecule has 0 aromatic heterocycles. The van der Waals surface area contributed by atoms with E-state index >= 15 is 0 Å². The Bertz CT molecular complexity index is 484. The van der Waals surface area contributed by atoms with Crippen molar-refractivity contribution in [2.24, 2.45) is 10.9 Å². The number of guanidine groups is 1. The number of methoxy groups -OCH3 is 1. The third-order valence-electron chi connectivity index (χ3n) is 3.98. The molecule has 2 rings (SSSR count). The highest BCUT2D eigenvalue weighted by atomic mass is 32.2. The van der Waals surface area contributed by atoms with Crippen LogP contribution in [-0.2, 0) is 9.47 Å². The van der Waals surface area contributed by atoms with Crippen molar-refractivity contribution in [2.75, 3.05) is 59.4 Å². The minimum Gasteiger partial charge on any atom is -0.382 e. The summed E-state index contributed by atoms with van der Waals surface area (Å²) in [5.74, 6) is 2.61. The molecule has 1 atom stereocenters. The van der Waals surface area contributed by atoms with Crippen LogP contribution in [0.15, 0.2) is 40.2 Å². The molecule has 1 aliphatic rings. The van der Waals surface area contributed by atoms with E-state index in [1.165, 1.54) is 4.90 Å². The maximum absolute atomic E-state index is 5.65. The fourth-order valence-corrected chi connectivity index (χ4v) is 3.52. The molecule has 0 saturated carbocycles. The molecule has 0 amide bonds. The summed E-state index contributed by atoms with van der Waals surface area (Å²) in [7, 11) is 3.56. The van der Waals surface area contributed by atoms with Crippen LogP contribution in [0.5, 0.6) is 0 Å². The average Bonchev–Trinajstić information content (AvgIpc) is 3.08. The fourth-order valence-electron chi connectivity index (χ4n) is 2.73. The maximum atomic E-state index is 5.65. The Morgan fingerprint density at radius 3 is 2.92 bits per heavy atom. The van der Waals surface area contributed by atoms with Crippen LogP contribution in [0.1, 0.15) is 6.42 Å². The van der Waals surface area contributed by atoms with Gasteiger partial charge < -0.3 is 19.7 Å². The lowest BCUT2D eigenvalue weighted by atomic mass is 10.1. The SMILES string of the molecule is CN=C(NCCSc1ccccc1)N1CCC(COCCOC)C1. The van der Waals surface area contributed by atoms with E-state index in [0.717, 1.165) is 44.4 Å². The van der Waals surface area contributed by atoms with Gasteiger partial charge in [-0.15, -0.1) is 11.8 Å². The standard InChI is InChI=1S/C18H29N3O2S/c1-19-18(20-9-13-24-17-6-4-3-5-7-17)21-10-8-16(14-21)15-23-12-11-22-2/h3-7,16H,8-15H2,1-2H3,(H,19,20). The topological polar surface area (TPSA) is 46.1 Å². The molecule has 1 heterocycles. The minimum atomic E-state index is 0.582. The van der Waals surface area contributed by atoms with Gasteiger partial charge in [-0.1, -0.05) is 18.2 Å². The molecule has 1 aromatic rings. The molecule has 1 saturated heterocycles. The van der Waals surface area contributed by atoms with Crippen LogP contribution in [0.25, 0.3) is 0 Å². The number of thioether (sulfide) groups is 1. The van der Waals surface area contributed by atoms with E-state index in [2.05, 4.69) is 39.5 Å². The van der Waals surface area contributed by atoms with Crippen molar-refractivity contribution >= 4 is 17.7 Å². The van der Waals surface area contributed by atoms with Crippen molar-refractivity contribution in [3.63, 3.8) is 0 Å². The second-order valence-electron chi connectivity index (χ2n) is 5.80. The number of nitrogens with one attached hydrogen (secondary N) is 1. The van der Waals surface area contributed by atoms with Gasteiger partial charge >= 0.3 is 0 Å². The molecule has 6 heteroatoms. The molecular weight excluding hydrogens is 322 g/mol. The summed E-state index contributed by atoms with van der Waals surface area (Å²) in [6, 6.07) is 10.5. The molecule has 5 nitrogen and oxygen atoms in total. The maximum Gasteiger partial charge on any atom is 0.193 e. The molecule has 1 aromatic carbocycles. The molecular formula is C18H29N3O2S. The van der Waals surface area contributed by atoms with Gasteiger partial charge in [-0.3, -0.25) is 4.99 Å². The summed E-state index contributed by atoms with van der Waals surface area (Å²) in [6.07, 6.45) is 1.16. The van der Waals surface area contributed by atoms with E-state index in [0.29, 0.717) is 19.1 Å². The summed E-state index contributed by atoms with van der Waals surface area (Å²) in [6.45, 7) is 5.12. The van der Waals surface area contributed by atoms with Gasteiger partial charge in [0.2, 0.25) is 0 Å². The Morgan fingerprint density at radius 1 is 1.33 bits per heavy atom. The Balaban J connectivity index is 1.63. The van der Waals surface area contributed by atoms with E-state index in [-0.39, 0.29) is 0 Å². The number of ether oxygens (including phenoxy) is 2. The number of benzene rings is 1. The van der Waals surface area contributed by atoms with Gasteiger partial charge in [-0.05, 0) is 18.6 Å². The lowest BCUT2D eigenvalue weighted by molar-refractivity contribution is 0.0536. The van der Waals surface area contributed by atoms with E-state index in [9.17, 15) is 0 Å². The van der Waals surface area contributed by atoms with Crippen molar-refractivity contribution in [1.29, 1.82) is 0 Å². The van der Waals surface area contributed by atoms with E-state index < -0.39 is 0 Å². The van der Waals surface area contributed by atoms with Crippen molar-refractivity contribution < 1.29 is 9.47 Å². The Kier molecular flexibility index (Phi) is 9.02. The molecule has 1 unspecified atom stereocenters. The number of hydrogen-bond acceptors (Lipinski definition) is 4. The van der Waals surface area contributed by atoms with Gasteiger partial charge in [0, 0.05) is 50.4 Å². The van der Waals surface area contributed by atoms with Crippen LogP contribution in [0.3, 0.4) is 0 Å². The highest BCUT2D eigenvalue weighted by Gasteiger charge is 2.24. The highest BCUT2D eigenvalue weighted by molar-refractivity contribution is 7.99. The largest absolute Gasteiger partial charge is 0.382 e. The third-order valence-corrected chi connectivity index (χ3v) is 4.99. The molecule has 0 aliphatic carbocycles. The zero-order valence-corrected chi connectivity index (χ0v) is 15.6. The van der Waals surface area contributed by atoms with Crippen LogP contribution in [0, 0.1) is 5.92 Å². The molecule has 0 spiro atoms. The first-order valence-electron chi connectivity index (χ1n) is 8.53. The zero-order chi connectivity index (χ0) is 17.0. The smallest absolute Gasteiger partial charge is 0.193 e. The first kappa shape index (κ1) is 19.1. The number of hydrogen-bond donors (Lipinski definition) is 1. The summed E-state index contributed by atoms with van der Waals surface area (Å²) >= 11 is 1.86. The van der Waals surface area contributed by atoms with E-state index in [1.54, 1.807) is 7.11 Å². The Morgan fingerprint density at radius 2 is 2.17 bits per heavy atom. The number of likely N-dealkylation sites (tertiary alicyclic amines) is 1. The van der Waals surface area contributed by atoms with Gasteiger partial charge in [0.1, 0.15) is 0 Å². The highest BCUT2D eigenvalue weighted by Crippen LogP contribution is 2.17. The number of nitrogens with zero attached hydrogens (tertiary/aromatic N) is 2. The summed E-state index contributed by atoms with van der Waals surface area (Å²) in [5, 5.41) is 3.47. The van der Waals surface area contributed by atoms with Gasteiger partial charge in [0.25, 0.3) is 0 Å². The predicted molar refractivity (Wildman–Crippen MR) is 101 cm³/mol. The summed E-state index contributed by atoms with van der Waals surface area (Å²) in [4.78, 5) is 8.06. The molecule has 24 heavy (non-hydrogen) atoms. The predicted octanol–water partition coefficient (Wildman–Crippen LogP) is 2.34. The van der Waals surface area contributed by atoms with Crippen molar-refractivity contribution in [3.8, 4) is 0 Å². The first-order valence-corrected chi connectivity index (χ1v) is 9.52. The fraction of sp³-hybridized carbons (Fsp3) is 0.611. The molecule has 0 bridgehead atoms. The normalized spacial score (nSPS) is 18.2. The third kappa shape index (κ3) is 6.71. The summed E-state index contributed by atoms with van der Waals surface area (Å²) < 4.78 is 10.7. The van der Waals surface area contributed by atoms with Crippen LogP contribution >= 0.6 is 11.8 Å². The molecule has 1 N–H and O–H groups in total. The second kappa shape index (κ2) is 11.3. The van der Waals surface area contributed by atoms with Gasteiger partial charge in [-0.25, -0.2) is 0 Å². The van der Waals surface area contributed by atoms with E-state index in [4.69, 9.17) is 9.47 Å². The number of rotatable bonds is 9. The van der Waals surface area contributed by atoms with Gasteiger partial charge in [-0.2, -0.15) is 0 Å². The molecule has 1 fully saturated rings. The Labute approximate surface area is 149 Å². The first-order chi connectivity index (χ1) is 11.8. The van der Waals surface area contributed by atoms with Crippen LogP contribution in [0.4, 0.5) is 0 Å².